The van der Waals surface area contributed by atoms with Crippen LogP contribution in [-0.4, -0.2) is 32.1 Å². The Labute approximate surface area is 101 Å². The number of hydrogen-bond donors (Lipinski definition) is 1. The number of nitrogens with zero attached hydrogens (tertiary/aromatic N) is 3. The minimum Gasteiger partial charge on any atom is -0.396 e. The monoisotopic (exact) mass is 241 g/mol. The molecular formula is C11H19N3OS. The SMILES string of the molecule is CCc1nnc(SC(C)CCO)nc1CC. The molecule has 1 aromatic rings. The molecule has 1 aromatic heterocycles. The second-order valence-electron chi connectivity index (χ2n) is 3.64. The Hall–Kier alpha value is -0.680. The molecule has 0 saturated carbocycles. The van der Waals surface area contributed by atoms with E-state index in [9.17, 15) is 0 Å². The molecule has 0 saturated heterocycles. The van der Waals surface area contributed by atoms with Crippen molar-refractivity contribution in [2.75, 3.05) is 6.61 Å². The molecule has 0 fully saturated rings. The molecule has 0 radical (unpaired) electrons. The molecule has 1 unspecified atom stereocenters. The summed E-state index contributed by atoms with van der Waals surface area (Å²) in [6.07, 6.45) is 2.52. The van der Waals surface area contributed by atoms with Gasteiger partial charge in [-0.1, -0.05) is 32.5 Å². The molecule has 1 rings (SSSR count). The van der Waals surface area contributed by atoms with Gasteiger partial charge in [-0.05, 0) is 19.3 Å². The average Bonchev–Trinajstić information content (AvgIpc) is 2.29. The number of aromatic nitrogens is 3. The summed E-state index contributed by atoms with van der Waals surface area (Å²) in [6.45, 7) is 6.40. The third-order valence-electron chi connectivity index (χ3n) is 2.33. The van der Waals surface area contributed by atoms with Crippen molar-refractivity contribution in [1.29, 1.82) is 0 Å². The van der Waals surface area contributed by atoms with E-state index in [-0.39, 0.29) is 6.61 Å². The van der Waals surface area contributed by atoms with E-state index in [0.29, 0.717) is 5.25 Å². The number of aliphatic hydroxyl groups is 1. The molecular weight excluding hydrogens is 222 g/mol. The van der Waals surface area contributed by atoms with Gasteiger partial charge >= 0.3 is 0 Å². The predicted molar refractivity (Wildman–Crippen MR) is 65.6 cm³/mol. The van der Waals surface area contributed by atoms with E-state index in [2.05, 4.69) is 36.0 Å². The lowest BCUT2D eigenvalue weighted by Crippen LogP contribution is -2.06. The van der Waals surface area contributed by atoms with Crippen LogP contribution in [0.5, 0.6) is 0 Å². The summed E-state index contributed by atoms with van der Waals surface area (Å²) >= 11 is 1.57. The second kappa shape index (κ2) is 6.81. The van der Waals surface area contributed by atoms with E-state index in [0.717, 1.165) is 35.8 Å². The highest BCUT2D eigenvalue weighted by molar-refractivity contribution is 7.99. The summed E-state index contributed by atoms with van der Waals surface area (Å²) in [7, 11) is 0. The fourth-order valence-electron chi connectivity index (χ4n) is 1.39. The minimum absolute atomic E-state index is 0.204. The van der Waals surface area contributed by atoms with Crippen LogP contribution in [0, 0.1) is 0 Å². The molecule has 1 heterocycles. The Kier molecular flexibility index (Phi) is 5.69. The van der Waals surface area contributed by atoms with Crippen molar-refractivity contribution in [2.45, 2.75) is 50.4 Å². The minimum atomic E-state index is 0.204. The first kappa shape index (κ1) is 13.4. The van der Waals surface area contributed by atoms with E-state index in [1.165, 1.54) is 0 Å². The maximum absolute atomic E-state index is 8.83. The molecule has 1 N–H and O–H groups in total. The quantitative estimate of drug-likeness (QED) is 0.770. The lowest BCUT2D eigenvalue weighted by molar-refractivity contribution is 0.289. The molecule has 4 nitrogen and oxygen atoms in total. The van der Waals surface area contributed by atoms with Crippen molar-refractivity contribution in [3.63, 3.8) is 0 Å². The summed E-state index contributed by atoms with van der Waals surface area (Å²) < 4.78 is 0. The van der Waals surface area contributed by atoms with Crippen LogP contribution in [-0.2, 0) is 12.8 Å². The maximum Gasteiger partial charge on any atom is 0.209 e. The number of aryl methyl sites for hydroxylation is 2. The topological polar surface area (TPSA) is 58.9 Å². The van der Waals surface area contributed by atoms with Gasteiger partial charge in [-0.3, -0.25) is 0 Å². The zero-order chi connectivity index (χ0) is 12.0. The largest absolute Gasteiger partial charge is 0.396 e. The van der Waals surface area contributed by atoms with Crippen LogP contribution in [0.4, 0.5) is 0 Å². The summed E-state index contributed by atoms with van der Waals surface area (Å²) in [4.78, 5) is 4.49. The van der Waals surface area contributed by atoms with Crippen LogP contribution in [0.25, 0.3) is 0 Å². The molecule has 0 aliphatic carbocycles. The summed E-state index contributed by atoms with van der Waals surface area (Å²) in [5.41, 5.74) is 2.03. The Morgan fingerprint density at radius 3 is 2.44 bits per heavy atom. The van der Waals surface area contributed by atoms with E-state index >= 15 is 0 Å². The summed E-state index contributed by atoms with van der Waals surface area (Å²) in [6, 6.07) is 0. The molecule has 90 valence electrons. The van der Waals surface area contributed by atoms with E-state index < -0.39 is 0 Å². The van der Waals surface area contributed by atoms with Crippen LogP contribution in [0.2, 0.25) is 0 Å². The molecule has 0 amide bonds. The third-order valence-corrected chi connectivity index (χ3v) is 3.35. The first-order chi connectivity index (χ1) is 7.71. The molecule has 1 atom stereocenters. The molecule has 0 aliphatic rings. The van der Waals surface area contributed by atoms with Gasteiger partial charge in [0.25, 0.3) is 0 Å². The Morgan fingerprint density at radius 1 is 1.19 bits per heavy atom. The lowest BCUT2D eigenvalue weighted by Gasteiger charge is -2.09. The second-order valence-corrected chi connectivity index (χ2v) is 5.04. The number of thioether (sulfide) groups is 1. The zero-order valence-electron chi connectivity index (χ0n) is 10.1. The van der Waals surface area contributed by atoms with Crippen molar-refractivity contribution in [3.05, 3.63) is 11.4 Å². The third kappa shape index (κ3) is 3.72. The fraction of sp³-hybridized carbons (Fsp3) is 0.727. The van der Waals surface area contributed by atoms with Gasteiger partial charge < -0.3 is 5.11 Å². The normalized spacial score (nSPS) is 12.8. The van der Waals surface area contributed by atoms with Crippen LogP contribution in [0.15, 0.2) is 5.16 Å². The summed E-state index contributed by atoms with van der Waals surface area (Å²) in [5, 5.41) is 18.2. The molecule has 5 heteroatoms. The summed E-state index contributed by atoms with van der Waals surface area (Å²) in [5.74, 6) is 0. The molecule has 0 aromatic carbocycles. The maximum atomic E-state index is 8.83. The first-order valence-corrected chi connectivity index (χ1v) is 6.59. The van der Waals surface area contributed by atoms with Crippen molar-refractivity contribution in [1.82, 2.24) is 15.2 Å². The molecule has 0 aliphatic heterocycles. The van der Waals surface area contributed by atoms with Gasteiger partial charge in [0.15, 0.2) is 0 Å². The Morgan fingerprint density at radius 2 is 1.88 bits per heavy atom. The standard InChI is InChI=1S/C11H19N3OS/c1-4-9-10(5-2)13-14-11(12-9)16-8(3)6-7-15/h8,15H,4-7H2,1-3H3. The average molecular weight is 241 g/mol. The first-order valence-electron chi connectivity index (χ1n) is 5.71. The van der Waals surface area contributed by atoms with Crippen molar-refractivity contribution >= 4 is 11.8 Å². The van der Waals surface area contributed by atoms with E-state index in [1.807, 2.05) is 0 Å². The zero-order valence-corrected chi connectivity index (χ0v) is 10.9. The van der Waals surface area contributed by atoms with Gasteiger partial charge in [0.1, 0.15) is 0 Å². The van der Waals surface area contributed by atoms with Crippen LogP contribution < -0.4 is 0 Å². The smallest absolute Gasteiger partial charge is 0.209 e. The van der Waals surface area contributed by atoms with Crippen molar-refractivity contribution < 1.29 is 5.11 Å². The highest BCUT2D eigenvalue weighted by Crippen LogP contribution is 2.21. The molecule has 16 heavy (non-hydrogen) atoms. The van der Waals surface area contributed by atoms with Gasteiger partial charge in [0.2, 0.25) is 5.16 Å². The van der Waals surface area contributed by atoms with Crippen molar-refractivity contribution in [3.8, 4) is 0 Å². The van der Waals surface area contributed by atoms with Gasteiger partial charge in [0.05, 0.1) is 11.4 Å². The predicted octanol–water partition coefficient (Wildman–Crippen LogP) is 1.86. The van der Waals surface area contributed by atoms with Crippen LogP contribution in [0.3, 0.4) is 0 Å². The molecule has 0 bridgehead atoms. The molecule has 0 spiro atoms. The number of hydrogen-bond acceptors (Lipinski definition) is 5. The Balaban J connectivity index is 2.74. The lowest BCUT2D eigenvalue weighted by atomic mass is 10.2. The van der Waals surface area contributed by atoms with Crippen molar-refractivity contribution in [2.24, 2.45) is 0 Å². The van der Waals surface area contributed by atoms with Crippen LogP contribution in [0.1, 0.15) is 38.6 Å². The van der Waals surface area contributed by atoms with Gasteiger partial charge in [-0.2, -0.15) is 5.10 Å². The van der Waals surface area contributed by atoms with Gasteiger partial charge in [-0.25, -0.2) is 4.98 Å². The highest BCUT2D eigenvalue weighted by atomic mass is 32.2. The van der Waals surface area contributed by atoms with Gasteiger partial charge in [0, 0.05) is 11.9 Å². The highest BCUT2D eigenvalue weighted by Gasteiger charge is 2.10. The number of rotatable bonds is 6. The Bertz CT molecular complexity index is 333. The van der Waals surface area contributed by atoms with E-state index in [1.54, 1.807) is 11.8 Å². The van der Waals surface area contributed by atoms with Gasteiger partial charge in [-0.15, -0.1) is 5.10 Å². The van der Waals surface area contributed by atoms with E-state index in [4.69, 9.17) is 5.11 Å². The fourth-order valence-corrected chi connectivity index (χ4v) is 2.23. The van der Waals surface area contributed by atoms with Crippen LogP contribution >= 0.6 is 11.8 Å². The number of aliphatic hydroxyl groups excluding tert-OH is 1.